The molecule has 0 fully saturated rings. The zero-order valence-corrected chi connectivity index (χ0v) is 16.1. The first-order chi connectivity index (χ1) is 13.5. The summed E-state index contributed by atoms with van der Waals surface area (Å²) in [4.78, 5) is 21.1. The van der Waals surface area contributed by atoms with Crippen LogP contribution in [0.4, 0.5) is 11.5 Å². The predicted octanol–water partition coefficient (Wildman–Crippen LogP) is 4.94. The van der Waals surface area contributed by atoms with Gasteiger partial charge in [-0.2, -0.15) is 4.98 Å². The van der Waals surface area contributed by atoms with Gasteiger partial charge in [-0.05, 0) is 29.2 Å². The molecule has 0 spiro atoms. The Kier molecular flexibility index (Phi) is 5.84. The first kappa shape index (κ1) is 19.3. The number of hydrogen-bond acceptors (Lipinski definition) is 6. The van der Waals surface area contributed by atoms with E-state index in [1.54, 1.807) is 24.1 Å². The van der Waals surface area contributed by atoms with Crippen LogP contribution in [0.15, 0.2) is 60.9 Å². The molecule has 0 saturated heterocycles. The van der Waals surface area contributed by atoms with E-state index in [2.05, 4.69) is 23.8 Å². The summed E-state index contributed by atoms with van der Waals surface area (Å²) in [5, 5.41) is 11.8. The standard InChI is InChI=1S/C21H22N4O3/c1-15(2)17-9-11-18(12-10-17)28-21-19(25(26)27)20(22-14-23-21)24(3)13-16-7-5-4-6-8-16/h4-12,14-15H,13H2,1-3H3. The van der Waals surface area contributed by atoms with Crippen LogP contribution in [-0.2, 0) is 6.54 Å². The molecule has 2 aromatic carbocycles. The van der Waals surface area contributed by atoms with Crippen molar-refractivity contribution in [2.75, 3.05) is 11.9 Å². The topological polar surface area (TPSA) is 81.4 Å². The maximum Gasteiger partial charge on any atom is 0.373 e. The third-order valence-electron chi connectivity index (χ3n) is 4.34. The Morgan fingerprint density at radius 1 is 1.07 bits per heavy atom. The first-order valence-electron chi connectivity index (χ1n) is 8.98. The summed E-state index contributed by atoms with van der Waals surface area (Å²) in [5.41, 5.74) is 1.92. The molecule has 0 saturated carbocycles. The molecule has 0 aliphatic rings. The van der Waals surface area contributed by atoms with Crippen molar-refractivity contribution >= 4 is 11.5 Å². The molecular weight excluding hydrogens is 356 g/mol. The van der Waals surface area contributed by atoms with Crippen LogP contribution in [0.1, 0.15) is 30.9 Å². The Balaban J connectivity index is 1.89. The van der Waals surface area contributed by atoms with Crippen LogP contribution >= 0.6 is 0 Å². The van der Waals surface area contributed by atoms with Crippen molar-refractivity contribution in [2.24, 2.45) is 0 Å². The van der Waals surface area contributed by atoms with E-state index >= 15 is 0 Å². The molecule has 0 unspecified atom stereocenters. The molecule has 28 heavy (non-hydrogen) atoms. The zero-order chi connectivity index (χ0) is 20.1. The van der Waals surface area contributed by atoms with E-state index in [1.807, 2.05) is 42.5 Å². The van der Waals surface area contributed by atoms with Crippen LogP contribution in [-0.4, -0.2) is 21.9 Å². The number of rotatable bonds is 7. The lowest BCUT2D eigenvalue weighted by atomic mass is 10.0. The highest BCUT2D eigenvalue weighted by atomic mass is 16.6. The van der Waals surface area contributed by atoms with Crippen LogP contribution in [0.5, 0.6) is 11.6 Å². The Hall–Kier alpha value is -3.48. The van der Waals surface area contributed by atoms with Crippen LogP contribution in [0.2, 0.25) is 0 Å². The molecule has 3 aromatic rings. The maximum atomic E-state index is 11.8. The van der Waals surface area contributed by atoms with Crippen molar-refractivity contribution in [1.82, 2.24) is 9.97 Å². The largest absolute Gasteiger partial charge is 0.434 e. The minimum atomic E-state index is -0.505. The molecule has 7 heteroatoms. The fourth-order valence-electron chi connectivity index (χ4n) is 2.83. The maximum absolute atomic E-state index is 11.8. The Morgan fingerprint density at radius 2 is 1.75 bits per heavy atom. The van der Waals surface area contributed by atoms with E-state index in [1.165, 1.54) is 6.33 Å². The Labute approximate surface area is 163 Å². The number of ether oxygens (including phenoxy) is 1. The van der Waals surface area contributed by atoms with E-state index in [-0.39, 0.29) is 17.4 Å². The predicted molar refractivity (Wildman–Crippen MR) is 108 cm³/mol. The summed E-state index contributed by atoms with van der Waals surface area (Å²) in [5.74, 6) is 1.01. The lowest BCUT2D eigenvalue weighted by Gasteiger charge is -2.18. The van der Waals surface area contributed by atoms with Gasteiger partial charge < -0.3 is 9.64 Å². The van der Waals surface area contributed by atoms with E-state index in [0.717, 1.165) is 11.1 Å². The van der Waals surface area contributed by atoms with Gasteiger partial charge in [0.15, 0.2) is 0 Å². The van der Waals surface area contributed by atoms with E-state index in [9.17, 15) is 10.1 Å². The van der Waals surface area contributed by atoms with Gasteiger partial charge in [-0.3, -0.25) is 10.1 Å². The zero-order valence-electron chi connectivity index (χ0n) is 16.1. The smallest absolute Gasteiger partial charge is 0.373 e. The molecule has 1 heterocycles. The fraction of sp³-hybridized carbons (Fsp3) is 0.238. The summed E-state index contributed by atoms with van der Waals surface area (Å²) in [6, 6.07) is 17.1. The molecule has 0 atom stereocenters. The van der Waals surface area contributed by atoms with E-state index < -0.39 is 4.92 Å². The summed E-state index contributed by atoms with van der Waals surface area (Å²) in [6.07, 6.45) is 1.28. The molecular formula is C21H22N4O3. The highest BCUT2D eigenvalue weighted by Gasteiger charge is 2.27. The summed E-state index contributed by atoms with van der Waals surface area (Å²) in [6.45, 7) is 4.67. The van der Waals surface area contributed by atoms with Crippen LogP contribution in [0.3, 0.4) is 0 Å². The Morgan fingerprint density at radius 3 is 2.36 bits per heavy atom. The molecule has 0 aliphatic carbocycles. The van der Waals surface area contributed by atoms with Crippen molar-refractivity contribution in [3.05, 3.63) is 82.2 Å². The number of nitrogens with zero attached hydrogens (tertiary/aromatic N) is 4. The normalized spacial score (nSPS) is 10.7. The molecule has 1 aromatic heterocycles. The van der Waals surface area contributed by atoms with Crippen LogP contribution < -0.4 is 9.64 Å². The van der Waals surface area contributed by atoms with Crippen molar-refractivity contribution in [2.45, 2.75) is 26.3 Å². The lowest BCUT2D eigenvalue weighted by molar-refractivity contribution is -0.385. The summed E-state index contributed by atoms with van der Waals surface area (Å²) >= 11 is 0. The van der Waals surface area contributed by atoms with Crippen molar-refractivity contribution in [3.8, 4) is 11.6 Å². The van der Waals surface area contributed by atoms with Crippen LogP contribution in [0, 0.1) is 10.1 Å². The average molecular weight is 378 g/mol. The second-order valence-corrected chi connectivity index (χ2v) is 6.78. The molecule has 0 radical (unpaired) electrons. The number of aromatic nitrogens is 2. The van der Waals surface area contributed by atoms with Gasteiger partial charge in [0.2, 0.25) is 5.82 Å². The van der Waals surface area contributed by atoms with Crippen LogP contribution in [0.25, 0.3) is 0 Å². The molecule has 0 N–H and O–H groups in total. The molecule has 144 valence electrons. The van der Waals surface area contributed by atoms with E-state index in [4.69, 9.17) is 4.74 Å². The highest BCUT2D eigenvalue weighted by molar-refractivity contribution is 5.63. The third kappa shape index (κ3) is 4.43. The van der Waals surface area contributed by atoms with Gasteiger partial charge in [0.05, 0.1) is 4.92 Å². The molecule has 0 amide bonds. The van der Waals surface area contributed by atoms with Gasteiger partial charge in [-0.25, -0.2) is 4.98 Å². The highest BCUT2D eigenvalue weighted by Crippen LogP contribution is 2.36. The molecule has 0 bridgehead atoms. The molecule has 0 aliphatic heterocycles. The molecule has 7 nitrogen and oxygen atoms in total. The van der Waals surface area contributed by atoms with E-state index in [0.29, 0.717) is 18.2 Å². The van der Waals surface area contributed by atoms with Gasteiger partial charge in [0.1, 0.15) is 12.1 Å². The first-order valence-corrected chi connectivity index (χ1v) is 8.98. The van der Waals surface area contributed by atoms with Gasteiger partial charge >= 0.3 is 11.6 Å². The summed E-state index contributed by atoms with van der Waals surface area (Å²) < 4.78 is 5.73. The monoisotopic (exact) mass is 378 g/mol. The minimum absolute atomic E-state index is 0.0767. The number of benzene rings is 2. The second-order valence-electron chi connectivity index (χ2n) is 6.78. The number of nitro groups is 1. The minimum Gasteiger partial charge on any atom is -0.434 e. The van der Waals surface area contributed by atoms with Gasteiger partial charge in [-0.15, -0.1) is 0 Å². The Bertz CT molecular complexity index is 944. The summed E-state index contributed by atoms with van der Waals surface area (Å²) in [7, 11) is 1.75. The van der Waals surface area contributed by atoms with Gasteiger partial charge in [0.25, 0.3) is 0 Å². The van der Waals surface area contributed by atoms with Crippen molar-refractivity contribution in [3.63, 3.8) is 0 Å². The quantitative estimate of drug-likeness (QED) is 0.428. The number of hydrogen-bond donors (Lipinski definition) is 0. The fourth-order valence-corrected chi connectivity index (χ4v) is 2.83. The number of anilines is 1. The third-order valence-corrected chi connectivity index (χ3v) is 4.34. The van der Waals surface area contributed by atoms with Crippen molar-refractivity contribution < 1.29 is 9.66 Å². The van der Waals surface area contributed by atoms with Gasteiger partial charge in [-0.1, -0.05) is 56.3 Å². The molecule has 3 rings (SSSR count). The van der Waals surface area contributed by atoms with Crippen molar-refractivity contribution in [1.29, 1.82) is 0 Å². The SMILES string of the molecule is CC(C)c1ccc(Oc2ncnc(N(C)Cc3ccccc3)c2[N+](=O)[O-])cc1. The lowest BCUT2D eigenvalue weighted by Crippen LogP contribution is -2.19. The average Bonchev–Trinajstić information content (AvgIpc) is 2.68. The van der Waals surface area contributed by atoms with Gasteiger partial charge in [0, 0.05) is 13.6 Å². The second kappa shape index (κ2) is 8.47.